The van der Waals surface area contributed by atoms with Gasteiger partial charge in [-0.3, -0.25) is 5.32 Å². The lowest BCUT2D eigenvalue weighted by Crippen LogP contribution is -2.18. The van der Waals surface area contributed by atoms with Crippen molar-refractivity contribution in [3.05, 3.63) is 29.3 Å². The lowest BCUT2D eigenvalue weighted by Gasteiger charge is -2.10. The predicted molar refractivity (Wildman–Crippen MR) is 65.6 cm³/mol. The lowest BCUT2D eigenvalue weighted by molar-refractivity contribution is 0.0696. The van der Waals surface area contributed by atoms with E-state index in [1.54, 1.807) is 13.8 Å². The zero-order valence-electron chi connectivity index (χ0n) is 10.3. The van der Waals surface area contributed by atoms with Crippen LogP contribution in [0.25, 0.3) is 0 Å². The van der Waals surface area contributed by atoms with Crippen molar-refractivity contribution in [3.63, 3.8) is 0 Å². The number of amides is 1. The molecule has 0 heterocycles. The van der Waals surface area contributed by atoms with E-state index in [4.69, 9.17) is 14.9 Å². The zero-order valence-corrected chi connectivity index (χ0v) is 10.3. The molecule has 19 heavy (non-hydrogen) atoms. The van der Waals surface area contributed by atoms with Crippen LogP contribution in [-0.2, 0) is 4.74 Å². The Balaban J connectivity index is 3.03. The molecular formula is C12H13NO6. The number of carboxylic acids is 2. The minimum Gasteiger partial charge on any atom is -0.478 e. The molecule has 1 aromatic rings. The summed E-state index contributed by atoms with van der Waals surface area (Å²) in [7, 11) is 0. The summed E-state index contributed by atoms with van der Waals surface area (Å²) in [6.45, 7) is 3.30. The molecule has 0 saturated carbocycles. The molecule has 0 saturated heterocycles. The molecule has 1 amide bonds. The van der Waals surface area contributed by atoms with Crippen LogP contribution in [0.5, 0.6) is 0 Å². The first kappa shape index (κ1) is 14.5. The number of carbonyl (C=O) groups is 3. The number of aromatic carboxylic acids is 2. The number of anilines is 1. The van der Waals surface area contributed by atoms with Crippen molar-refractivity contribution in [1.82, 2.24) is 0 Å². The highest BCUT2D eigenvalue weighted by Gasteiger charge is 2.13. The molecule has 7 heteroatoms. The van der Waals surface area contributed by atoms with Gasteiger partial charge in [-0.1, -0.05) is 0 Å². The number of benzene rings is 1. The van der Waals surface area contributed by atoms with Crippen LogP contribution in [-0.4, -0.2) is 34.3 Å². The summed E-state index contributed by atoms with van der Waals surface area (Å²) in [4.78, 5) is 33.1. The van der Waals surface area contributed by atoms with Gasteiger partial charge in [-0.2, -0.15) is 0 Å². The normalized spacial score (nSPS) is 10.1. The summed E-state index contributed by atoms with van der Waals surface area (Å²) in [5.74, 6) is -2.58. The van der Waals surface area contributed by atoms with Gasteiger partial charge in [0.05, 0.1) is 17.2 Å². The molecule has 0 spiro atoms. The summed E-state index contributed by atoms with van der Waals surface area (Å²) in [6.07, 6.45) is -1.13. The minimum absolute atomic E-state index is 0.0444. The van der Waals surface area contributed by atoms with Crippen molar-refractivity contribution in [2.75, 3.05) is 5.32 Å². The van der Waals surface area contributed by atoms with Crippen LogP contribution in [0.1, 0.15) is 34.6 Å². The van der Waals surface area contributed by atoms with Crippen LogP contribution in [0.15, 0.2) is 18.2 Å². The van der Waals surface area contributed by atoms with Gasteiger partial charge in [-0.25, -0.2) is 14.4 Å². The van der Waals surface area contributed by atoms with Gasteiger partial charge in [-0.05, 0) is 32.0 Å². The Bertz CT molecular complexity index is 491. The highest BCUT2D eigenvalue weighted by atomic mass is 16.6. The Morgan fingerprint density at radius 2 is 1.53 bits per heavy atom. The van der Waals surface area contributed by atoms with Gasteiger partial charge in [0, 0.05) is 5.69 Å². The van der Waals surface area contributed by atoms with Gasteiger partial charge in [0.2, 0.25) is 0 Å². The third-order valence-electron chi connectivity index (χ3n) is 2.02. The Hall–Kier alpha value is -2.57. The number of carbonyl (C=O) groups excluding carboxylic acids is 1. The molecule has 0 unspecified atom stereocenters. The first-order valence-electron chi connectivity index (χ1n) is 5.39. The molecule has 0 atom stereocenters. The molecule has 0 aliphatic heterocycles. The number of hydrogen-bond acceptors (Lipinski definition) is 4. The second kappa shape index (κ2) is 5.85. The van der Waals surface area contributed by atoms with Gasteiger partial charge < -0.3 is 14.9 Å². The zero-order chi connectivity index (χ0) is 14.6. The smallest absolute Gasteiger partial charge is 0.411 e. The molecule has 1 rings (SSSR count). The van der Waals surface area contributed by atoms with E-state index in [2.05, 4.69) is 5.32 Å². The summed E-state index contributed by atoms with van der Waals surface area (Å²) in [6, 6.07) is 3.30. The Morgan fingerprint density at radius 3 is 1.89 bits per heavy atom. The summed E-state index contributed by atoms with van der Waals surface area (Å²) >= 11 is 0. The molecular weight excluding hydrogens is 254 g/mol. The fourth-order valence-electron chi connectivity index (χ4n) is 1.31. The first-order valence-corrected chi connectivity index (χ1v) is 5.39. The van der Waals surface area contributed by atoms with E-state index in [1.165, 1.54) is 0 Å². The number of rotatable bonds is 4. The van der Waals surface area contributed by atoms with E-state index in [9.17, 15) is 14.4 Å². The van der Waals surface area contributed by atoms with Crippen LogP contribution in [0.2, 0.25) is 0 Å². The third kappa shape index (κ3) is 4.30. The third-order valence-corrected chi connectivity index (χ3v) is 2.02. The second-order valence-corrected chi connectivity index (χ2v) is 3.99. The number of carboxylic acid groups (broad SMARTS) is 2. The summed E-state index contributed by atoms with van der Waals surface area (Å²) in [5.41, 5.74) is -0.428. The standard InChI is InChI=1S/C12H13NO6/c1-6(2)19-12(18)13-9-4-7(10(14)15)3-8(5-9)11(16)17/h3-6H,1-2H3,(H,13,18)(H,14,15)(H,16,17). The van der Waals surface area contributed by atoms with Crippen molar-refractivity contribution >= 4 is 23.7 Å². The maximum absolute atomic E-state index is 11.4. The molecule has 0 aliphatic carbocycles. The Morgan fingerprint density at radius 1 is 1.05 bits per heavy atom. The van der Waals surface area contributed by atoms with Crippen LogP contribution >= 0.6 is 0 Å². The van der Waals surface area contributed by atoms with E-state index in [1.807, 2.05) is 0 Å². The van der Waals surface area contributed by atoms with Crippen molar-refractivity contribution in [2.24, 2.45) is 0 Å². The molecule has 0 fully saturated rings. The van der Waals surface area contributed by atoms with Gasteiger partial charge in [0.15, 0.2) is 0 Å². The maximum Gasteiger partial charge on any atom is 0.411 e. The van der Waals surface area contributed by atoms with E-state index >= 15 is 0 Å². The average molecular weight is 267 g/mol. The number of hydrogen-bond donors (Lipinski definition) is 3. The highest BCUT2D eigenvalue weighted by molar-refractivity contribution is 5.97. The average Bonchev–Trinajstić information content (AvgIpc) is 2.26. The molecule has 7 nitrogen and oxygen atoms in total. The summed E-state index contributed by atoms with van der Waals surface area (Å²) in [5, 5.41) is 20.0. The quantitative estimate of drug-likeness (QED) is 0.769. The van der Waals surface area contributed by atoms with Gasteiger partial charge >= 0.3 is 18.0 Å². The molecule has 0 aromatic heterocycles. The van der Waals surface area contributed by atoms with Crippen LogP contribution in [0.4, 0.5) is 10.5 Å². The van der Waals surface area contributed by atoms with Crippen LogP contribution in [0, 0.1) is 0 Å². The fourth-order valence-corrected chi connectivity index (χ4v) is 1.31. The molecule has 3 N–H and O–H groups in total. The van der Waals surface area contributed by atoms with Gasteiger partial charge in [-0.15, -0.1) is 0 Å². The van der Waals surface area contributed by atoms with Crippen molar-refractivity contribution in [1.29, 1.82) is 0 Å². The van der Waals surface area contributed by atoms with Crippen molar-refractivity contribution in [2.45, 2.75) is 20.0 Å². The lowest BCUT2D eigenvalue weighted by atomic mass is 10.1. The molecule has 0 radical (unpaired) electrons. The van der Waals surface area contributed by atoms with Crippen molar-refractivity contribution < 1.29 is 29.3 Å². The largest absolute Gasteiger partial charge is 0.478 e. The monoisotopic (exact) mass is 267 g/mol. The van der Waals surface area contributed by atoms with Crippen molar-refractivity contribution in [3.8, 4) is 0 Å². The van der Waals surface area contributed by atoms with E-state index in [0.717, 1.165) is 18.2 Å². The highest BCUT2D eigenvalue weighted by Crippen LogP contribution is 2.16. The molecule has 102 valence electrons. The van der Waals surface area contributed by atoms with E-state index in [0.29, 0.717) is 0 Å². The maximum atomic E-state index is 11.4. The van der Waals surface area contributed by atoms with Gasteiger partial charge in [0.25, 0.3) is 0 Å². The molecule has 0 bridgehead atoms. The van der Waals surface area contributed by atoms with E-state index < -0.39 is 18.0 Å². The second-order valence-electron chi connectivity index (χ2n) is 3.99. The molecule has 0 aliphatic rings. The SMILES string of the molecule is CC(C)OC(=O)Nc1cc(C(=O)O)cc(C(=O)O)c1. The minimum atomic E-state index is -1.29. The van der Waals surface area contributed by atoms with Crippen LogP contribution in [0.3, 0.4) is 0 Å². The number of nitrogens with one attached hydrogen (secondary N) is 1. The predicted octanol–water partition coefficient (Wildman–Crippen LogP) is 2.04. The van der Waals surface area contributed by atoms with Crippen LogP contribution < -0.4 is 5.32 Å². The fraction of sp³-hybridized carbons (Fsp3) is 0.250. The number of ether oxygens (including phenoxy) is 1. The van der Waals surface area contributed by atoms with E-state index in [-0.39, 0.29) is 22.9 Å². The molecule has 1 aromatic carbocycles. The summed E-state index contributed by atoms with van der Waals surface area (Å²) < 4.78 is 4.81. The Labute approximate surface area is 108 Å². The topological polar surface area (TPSA) is 113 Å². The first-order chi connectivity index (χ1) is 8.79. The van der Waals surface area contributed by atoms with Gasteiger partial charge in [0.1, 0.15) is 0 Å². The Kier molecular flexibility index (Phi) is 4.46.